The maximum Gasteiger partial charge on any atom is 0.302 e. The van der Waals surface area contributed by atoms with Gasteiger partial charge in [-0.25, -0.2) is 0 Å². The van der Waals surface area contributed by atoms with Gasteiger partial charge in [-0.2, -0.15) is 0 Å². The molecular formula is C49H53N3O8. The van der Waals surface area contributed by atoms with E-state index in [4.69, 9.17) is 24.7 Å². The molecule has 2 saturated carbocycles. The van der Waals surface area contributed by atoms with Gasteiger partial charge in [0.05, 0.1) is 23.8 Å². The minimum absolute atomic E-state index is 0.0315. The number of rotatable bonds is 6. The molecule has 4 heterocycles. The van der Waals surface area contributed by atoms with Crippen LogP contribution in [0.1, 0.15) is 110 Å². The summed E-state index contributed by atoms with van der Waals surface area (Å²) in [5, 5.41) is 39.9. The number of carbonyl (C=O) groups is 1. The van der Waals surface area contributed by atoms with Crippen LogP contribution in [-0.4, -0.2) is 59.5 Å². The van der Waals surface area contributed by atoms with Crippen molar-refractivity contribution in [1.29, 1.82) is 0 Å². The molecule has 11 heteroatoms. The second-order valence-corrected chi connectivity index (χ2v) is 17.8. The summed E-state index contributed by atoms with van der Waals surface area (Å²) in [4.78, 5) is 12.6. The first kappa shape index (κ1) is 38.8. The topological polar surface area (TPSA) is 165 Å². The van der Waals surface area contributed by atoms with Gasteiger partial charge in [-0.3, -0.25) is 4.79 Å². The van der Waals surface area contributed by atoms with E-state index in [-0.39, 0.29) is 41.7 Å². The van der Waals surface area contributed by atoms with E-state index >= 15 is 0 Å². The summed E-state index contributed by atoms with van der Waals surface area (Å²) >= 11 is 0. The molecule has 6 atom stereocenters. The number of allylic oxidation sites excluding steroid dienone is 3. The van der Waals surface area contributed by atoms with E-state index in [0.717, 1.165) is 100 Å². The van der Waals surface area contributed by atoms with Crippen molar-refractivity contribution >= 4 is 12.0 Å². The van der Waals surface area contributed by atoms with Crippen LogP contribution in [0, 0.1) is 17.8 Å². The lowest BCUT2D eigenvalue weighted by atomic mass is 9.65. The highest BCUT2D eigenvalue weighted by Gasteiger charge is 2.51. The molecule has 10 rings (SSSR count). The van der Waals surface area contributed by atoms with Crippen LogP contribution in [0.4, 0.5) is 0 Å². The molecule has 3 aliphatic carbocycles. The van der Waals surface area contributed by atoms with Gasteiger partial charge >= 0.3 is 5.97 Å². The van der Waals surface area contributed by atoms with Crippen molar-refractivity contribution in [2.75, 3.05) is 20.0 Å². The van der Waals surface area contributed by atoms with Crippen LogP contribution in [0.5, 0.6) is 28.7 Å². The molecule has 6 unspecified atom stereocenters. The van der Waals surface area contributed by atoms with Crippen molar-refractivity contribution in [2.45, 2.75) is 113 Å². The molecule has 0 aromatic heterocycles. The summed E-state index contributed by atoms with van der Waals surface area (Å²) < 4.78 is 25.7. The third-order valence-electron chi connectivity index (χ3n) is 13.9. The Balaban J connectivity index is 1.19. The number of phenolic OH excluding ortho intramolecular Hbond substituents is 2. The smallest absolute Gasteiger partial charge is 0.302 e. The molecule has 2 fully saturated rings. The van der Waals surface area contributed by atoms with E-state index in [0.29, 0.717) is 42.9 Å². The van der Waals surface area contributed by atoms with Crippen LogP contribution in [0.15, 0.2) is 59.8 Å². The molecule has 7 N–H and O–H groups in total. The number of hydrogen-bond acceptors (Lipinski definition) is 11. The zero-order valence-corrected chi connectivity index (χ0v) is 34.0. The second kappa shape index (κ2) is 15.6. The minimum atomic E-state index is -0.638. The van der Waals surface area contributed by atoms with Crippen molar-refractivity contribution < 1.29 is 39.1 Å². The van der Waals surface area contributed by atoms with E-state index in [1.54, 1.807) is 12.1 Å². The van der Waals surface area contributed by atoms with E-state index < -0.39 is 18.8 Å². The number of fused-ring (bicyclic) bond motifs is 8. The molecule has 312 valence electrons. The first-order valence-electron chi connectivity index (χ1n) is 21.6. The minimum Gasteiger partial charge on any atom is -0.508 e. The van der Waals surface area contributed by atoms with Crippen LogP contribution < -0.4 is 30.6 Å². The fourth-order valence-electron chi connectivity index (χ4n) is 11.4. The molecule has 4 bridgehead atoms. The van der Waals surface area contributed by atoms with Crippen LogP contribution in [0.25, 0.3) is 17.2 Å². The molecule has 1 spiro atoms. The molecule has 7 aliphatic rings. The van der Waals surface area contributed by atoms with Gasteiger partial charge in [0.1, 0.15) is 36.6 Å². The number of aromatic hydroxyl groups is 2. The highest BCUT2D eigenvalue weighted by molar-refractivity contribution is 5.84. The van der Waals surface area contributed by atoms with Crippen LogP contribution in [-0.2, 0) is 27.8 Å². The number of phenols is 2. The number of aliphatic hydroxyl groups is 1. The third kappa shape index (κ3) is 6.88. The third-order valence-corrected chi connectivity index (χ3v) is 13.9. The number of nitrogens with one attached hydrogen (secondary N) is 2. The Morgan fingerprint density at radius 2 is 1.93 bits per heavy atom. The van der Waals surface area contributed by atoms with E-state index in [9.17, 15) is 20.1 Å². The number of nitrogens with two attached hydrogens (primary N) is 1. The van der Waals surface area contributed by atoms with Crippen molar-refractivity contribution in [3.05, 3.63) is 93.2 Å². The SMILES string of the molecule is CC(=O)OCC1c2ccc3c4c2OC1c1c(cc(O)c2c1C=CC(NC1CCCCC1)CO2)CC#CC1=C(C=CC(N)N1)CC1CCC4(Cc2cc(O)cc(OCO)c2-3)C1. The predicted octanol–water partition coefficient (Wildman–Crippen LogP) is 6.81. The highest BCUT2D eigenvalue weighted by atomic mass is 16.6. The quantitative estimate of drug-likeness (QED) is 0.0881. The Morgan fingerprint density at radius 1 is 1.07 bits per heavy atom. The van der Waals surface area contributed by atoms with Crippen LogP contribution in [0.3, 0.4) is 0 Å². The van der Waals surface area contributed by atoms with Crippen molar-refractivity contribution in [1.82, 2.24) is 10.6 Å². The van der Waals surface area contributed by atoms with Crippen LogP contribution >= 0.6 is 0 Å². The van der Waals surface area contributed by atoms with E-state index in [1.165, 1.54) is 26.2 Å². The average molecular weight is 812 g/mol. The molecule has 0 saturated heterocycles. The monoisotopic (exact) mass is 811 g/mol. The lowest BCUT2D eigenvalue weighted by Crippen LogP contribution is -2.41. The number of hydrogen-bond donors (Lipinski definition) is 6. The molecule has 3 aromatic rings. The van der Waals surface area contributed by atoms with Gasteiger partial charge in [0.15, 0.2) is 18.3 Å². The normalized spacial score (nSPS) is 27.2. The Kier molecular flexibility index (Phi) is 10.1. The zero-order chi connectivity index (χ0) is 41.1. The summed E-state index contributed by atoms with van der Waals surface area (Å²) in [6, 6.07) is 9.68. The van der Waals surface area contributed by atoms with Crippen molar-refractivity contribution in [3.8, 4) is 51.7 Å². The Hall–Kier alpha value is -5.41. The summed E-state index contributed by atoms with van der Waals surface area (Å²) in [6.45, 7) is 1.31. The van der Waals surface area contributed by atoms with E-state index in [1.807, 2.05) is 12.1 Å². The maximum absolute atomic E-state index is 12.6. The van der Waals surface area contributed by atoms with Gasteiger partial charge in [-0.05, 0) is 97.3 Å². The molecule has 60 heavy (non-hydrogen) atoms. The lowest BCUT2D eigenvalue weighted by molar-refractivity contribution is -0.141. The average Bonchev–Trinajstić information content (AvgIpc) is 3.72. The van der Waals surface area contributed by atoms with E-state index in [2.05, 4.69) is 52.8 Å². The first-order valence-corrected chi connectivity index (χ1v) is 21.6. The van der Waals surface area contributed by atoms with Gasteiger partial charge in [-0.1, -0.05) is 55.5 Å². The lowest BCUT2D eigenvalue weighted by Gasteiger charge is -2.39. The largest absolute Gasteiger partial charge is 0.508 e. The van der Waals surface area contributed by atoms with Gasteiger partial charge in [0.2, 0.25) is 0 Å². The number of esters is 1. The van der Waals surface area contributed by atoms with Gasteiger partial charge in [-0.15, -0.1) is 0 Å². The van der Waals surface area contributed by atoms with Crippen LogP contribution in [0.2, 0.25) is 0 Å². The number of dihydropyridines is 1. The summed E-state index contributed by atoms with van der Waals surface area (Å²) in [5.41, 5.74) is 15.0. The zero-order valence-electron chi connectivity index (χ0n) is 34.0. The van der Waals surface area contributed by atoms with Crippen molar-refractivity contribution in [2.24, 2.45) is 11.7 Å². The fourth-order valence-corrected chi connectivity index (χ4v) is 11.4. The summed E-state index contributed by atoms with van der Waals surface area (Å²) in [6.07, 6.45) is 17.7. The number of aliphatic hydroxyl groups excluding tert-OH is 1. The molecule has 3 aromatic carbocycles. The summed E-state index contributed by atoms with van der Waals surface area (Å²) in [7, 11) is 0. The number of carbonyl (C=O) groups excluding carboxylic acids is 1. The summed E-state index contributed by atoms with van der Waals surface area (Å²) in [5.74, 6) is 8.08. The first-order chi connectivity index (χ1) is 29.2. The number of ether oxygens (including phenoxy) is 4. The Bertz CT molecular complexity index is 2400. The fraction of sp³-hybridized carbons (Fsp3) is 0.449. The molecule has 11 nitrogen and oxygen atoms in total. The molecule has 4 aliphatic heterocycles. The van der Waals surface area contributed by atoms with Gasteiger partial charge in [0, 0.05) is 58.7 Å². The molecule has 0 radical (unpaired) electrons. The number of benzene rings is 3. The second-order valence-electron chi connectivity index (χ2n) is 17.8. The highest BCUT2D eigenvalue weighted by Crippen LogP contribution is 2.63. The van der Waals surface area contributed by atoms with Gasteiger partial charge < -0.3 is 50.6 Å². The Morgan fingerprint density at radius 3 is 2.77 bits per heavy atom. The molecule has 0 amide bonds. The maximum atomic E-state index is 12.6. The predicted molar refractivity (Wildman–Crippen MR) is 227 cm³/mol. The standard InChI is InChI=1S/C49H53N3O8/c1-27(54)57-25-38-35-13-14-36-43-31(19-34(55)21-41(43)59-26-53)23-49-17-16-28(22-49)18-29-10-15-42(50)52-39(29)9-5-6-30-20-40(56)46-37(44(30)47(38)60-48(35)45(36)49)12-11-33(24-58-46)51-32-7-3-2-4-8-32/h10-15,19-21,28,32-33,38,42,47,51-53,55-56H,2-4,6-8,16-18,22-26,50H2,1H3. The van der Waals surface area contributed by atoms with Gasteiger partial charge in [0.25, 0.3) is 0 Å². The molecular weight excluding hydrogens is 759 g/mol. The Labute approximate surface area is 350 Å². The van der Waals surface area contributed by atoms with Crippen molar-refractivity contribution in [3.63, 3.8) is 0 Å².